The molecule has 0 aromatic heterocycles. The van der Waals surface area contributed by atoms with Crippen molar-refractivity contribution in [1.29, 1.82) is 0 Å². The first kappa shape index (κ1) is 22.4. The van der Waals surface area contributed by atoms with Gasteiger partial charge in [0.25, 0.3) is 0 Å². The van der Waals surface area contributed by atoms with E-state index >= 15 is 0 Å². The quantitative estimate of drug-likeness (QED) is 0.663. The van der Waals surface area contributed by atoms with Crippen LogP contribution in [0.5, 0.6) is 0 Å². The lowest BCUT2D eigenvalue weighted by molar-refractivity contribution is 0.0561. The van der Waals surface area contributed by atoms with E-state index in [-0.39, 0.29) is 11.9 Å². The molecule has 32 heavy (non-hydrogen) atoms. The van der Waals surface area contributed by atoms with Gasteiger partial charge in [-0.2, -0.15) is 0 Å². The zero-order valence-corrected chi connectivity index (χ0v) is 18.5. The van der Waals surface area contributed by atoms with Gasteiger partial charge in [-0.25, -0.2) is 14.0 Å². The highest BCUT2D eigenvalue weighted by atomic mass is 35.5. The minimum absolute atomic E-state index is 0.314. The van der Waals surface area contributed by atoms with Crippen LogP contribution < -0.4 is 4.90 Å². The summed E-state index contributed by atoms with van der Waals surface area (Å²) in [5, 5.41) is 0.555. The van der Waals surface area contributed by atoms with Crippen molar-refractivity contribution < 1.29 is 23.5 Å². The Morgan fingerprint density at radius 3 is 2.53 bits per heavy atom. The van der Waals surface area contributed by atoms with Crippen molar-refractivity contribution in [1.82, 2.24) is 9.80 Å². The van der Waals surface area contributed by atoms with Crippen molar-refractivity contribution in [3.8, 4) is 0 Å². The van der Waals surface area contributed by atoms with Crippen LogP contribution in [0.2, 0.25) is 5.02 Å². The molecule has 0 aliphatic carbocycles. The number of rotatable bonds is 5. The predicted molar refractivity (Wildman–Crippen MR) is 118 cm³/mol. The smallest absolute Gasteiger partial charge is 0.415 e. The number of cyclic esters (lactones) is 1. The monoisotopic (exact) mass is 461 g/mol. The summed E-state index contributed by atoms with van der Waals surface area (Å²) in [6.45, 7) is 4.91. The van der Waals surface area contributed by atoms with Crippen LogP contribution in [0, 0.1) is 5.82 Å². The number of amides is 2. The van der Waals surface area contributed by atoms with Crippen LogP contribution in [-0.4, -0.2) is 67.4 Å². The van der Waals surface area contributed by atoms with Crippen molar-refractivity contribution in [3.05, 3.63) is 64.9 Å². The summed E-state index contributed by atoms with van der Waals surface area (Å²) in [5.74, 6) is -0.375. The number of carbonyl (C=O) groups excluding carboxylic acids is 2. The highest BCUT2D eigenvalue weighted by Crippen LogP contribution is 2.38. The first-order chi connectivity index (χ1) is 15.5. The van der Waals surface area contributed by atoms with Crippen molar-refractivity contribution in [2.45, 2.75) is 19.1 Å². The van der Waals surface area contributed by atoms with Crippen LogP contribution in [-0.2, 0) is 9.47 Å². The van der Waals surface area contributed by atoms with Gasteiger partial charge in [0, 0.05) is 43.4 Å². The molecule has 2 heterocycles. The second-order valence-electron chi connectivity index (χ2n) is 7.76. The van der Waals surface area contributed by atoms with Gasteiger partial charge in [-0.05, 0) is 48.9 Å². The predicted octanol–water partition coefficient (Wildman–Crippen LogP) is 4.32. The molecule has 2 aromatic rings. The number of hydrogen-bond acceptors (Lipinski definition) is 5. The van der Waals surface area contributed by atoms with Gasteiger partial charge in [-0.1, -0.05) is 23.7 Å². The van der Waals surface area contributed by atoms with Crippen molar-refractivity contribution in [2.24, 2.45) is 0 Å². The summed E-state index contributed by atoms with van der Waals surface area (Å²) in [4.78, 5) is 30.2. The van der Waals surface area contributed by atoms with Gasteiger partial charge < -0.3 is 14.4 Å². The molecule has 0 bridgehead atoms. The number of anilines is 1. The summed E-state index contributed by atoms with van der Waals surface area (Å²) in [6.07, 6.45) is -1.31. The molecule has 0 spiro atoms. The zero-order valence-electron chi connectivity index (χ0n) is 17.7. The third-order valence-electron chi connectivity index (χ3n) is 5.71. The fourth-order valence-electron chi connectivity index (χ4n) is 4.17. The molecule has 0 radical (unpaired) electrons. The standard InChI is InChI=1S/C23H25ClFN3O4/c1-2-31-22(29)27-12-10-26(11-13-27)15-20-21(16-4-3-5-18(25)14-16)28(23(30)32-20)19-8-6-17(24)7-9-19/h3-9,14,20-21H,2,10-13,15H2,1H3/t20-,21-/m0/s1. The van der Waals surface area contributed by atoms with Gasteiger partial charge in [0.15, 0.2) is 0 Å². The number of nitrogens with zero attached hydrogens (tertiary/aromatic N) is 3. The average molecular weight is 462 g/mol. The molecule has 2 aliphatic heterocycles. The first-order valence-electron chi connectivity index (χ1n) is 10.6. The second-order valence-corrected chi connectivity index (χ2v) is 8.19. The maximum Gasteiger partial charge on any atom is 0.415 e. The Morgan fingerprint density at radius 1 is 1.16 bits per heavy atom. The highest BCUT2D eigenvalue weighted by Gasteiger charge is 2.44. The number of piperazine rings is 1. The van der Waals surface area contributed by atoms with E-state index in [1.165, 1.54) is 12.1 Å². The minimum atomic E-state index is -0.505. The van der Waals surface area contributed by atoms with Crippen LogP contribution in [0.3, 0.4) is 0 Å². The van der Waals surface area contributed by atoms with Crippen molar-refractivity contribution in [3.63, 3.8) is 0 Å². The molecule has 4 rings (SSSR count). The molecular formula is C23H25ClFN3O4. The topological polar surface area (TPSA) is 62.3 Å². The van der Waals surface area contributed by atoms with Gasteiger partial charge in [0.1, 0.15) is 18.0 Å². The Morgan fingerprint density at radius 2 is 1.88 bits per heavy atom. The Hall–Kier alpha value is -2.84. The van der Waals surface area contributed by atoms with E-state index in [9.17, 15) is 14.0 Å². The highest BCUT2D eigenvalue weighted by molar-refractivity contribution is 6.30. The summed E-state index contributed by atoms with van der Waals surface area (Å²) in [5.41, 5.74) is 1.28. The Bertz CT molecular complexity index is 966. The largest absolute Gasteiger partial charge is 0.450 e. The van der Waals surface area contributed by atoms with Gasteiger partial charge in [0.2, 0.25) is 0 Å². The van der Waals surface area contributed by atoms with Crippen LogP contribution in [0.25, 0.3) is 0 Å². The van der Waals surface area contributed by atoms with Crippen LogP contribution >= 0.6 is 11.6 Å². The Labute approximate surface area is 191 Å². The molecule has 170 valence electrons. The van der Waals surface area contributed by atoms with E-state index in [1.807, 2.05) is 0 Å². The number of benzene rings is 2. The van der Waals surface area contributed by atoms with Gasteiger partial charge in [-0.15, -0.1) is 0 Å². The second kappa shape index (κ2) is 9.75. The molecule has 0 N–H and O–H groups in total. The van der Waals surface area contributed by atoms with E-state index in [0.717, 1.165) is 0 Å². The maximum absolute atomic E-state index is 14.0. The molecule has 2 amide bonds. The molecule has 2 atom stereocenters. The molecule has 2 aliphatic rings. The third-order valence-corrected chi connectivity index (χ3v) is 5.96. The lowest BCUT2D eigenvalue weighted by atomic mass is 9.99. The summed E-state index contributed by atoms with van der Waals surface area (Å²) in [7, 11) is 0. The molecule has 0 unspecified atom stereocenters. The zero-order chi connectivity index (χ0) is 22.7. The van der Waals surface area contributed by atoms with E-state index in [4.69, 9.17) is 21.1 Å². The van der Waals surface area contributed by atoms with Crippen LogP contribution in [0.15, 0.2) is 48.5 Å². The molecule has 2 saturated heterocycles. The normalized spacial score (nSPS) is 21.5. The summed E-state index contributed by atoms with van der Waals surface area (Å²) >= 11 is 6.01. The van der Waals surface area contributed by atoms with Crippen LogP contribution in [0.4, 0.5) is 19.7 Å². The van der Waals surface area contributed by atoms with Gasteiger partial charge in [-0.3, -0.25) is 9.80 Å². The maximum atomic E-state index is 14.0. The molecule has 2 aromatic carbocycles. The Kier molecular flexibility index (Phi) is 6.81. The summed E-state index contributed by atoms with van der Waals surface area (Å²) < 4.78 is 24.9. The van der Waals surface area contributed by atoms with Crippen molar-refractivity contribution in [2.75, 3.05) is 44.2 Å². The molecule has 2 fully saturated rings. The fraction of sp³-hybridized carbons (Fsp3) is 0.391. The lowest BCUT2D eigenvalue weighted by Crippen LogP contribution is -2.51. The molecule has 0 saturated carbocycles. The van der Waals surface area contributed by atoms with Gasteiger partial charge >= 0.3 is 12.2 Å². The first-order valence-corrected chi connectivity index (χ1v) is 11.0. The number of ether oxygens (including phenoxy) is 2. The third kappa shape index (κ3) is 4.81. The van der Waals surface area contributed by atoms with E-state index < -0.39 is 18.2 Å². The average Bonchev–Trinajstić information content (AvgIpc) is 3.10. The molecular weight excluding hydrogens is 437 g/mol. The van der Waals surface area contributed by atoms with E-state index in [2.05, 4.69) is 4.90 Å². The summed E-state index contributed by atoms with van der Waals surface area (Å²) in [6, 6.07) is 12.6. The number of halogens is 2. The van der Waals surface area contributed by atoms with Crippen LogP contribution in [0.1, 0.15) is 18.5 Å². The number of carbonyl (C=O) groups is 2. The lowest BCUT2D eigenvalue weighted by Gasteiger charge is -2.36. The minimum Gasteiger partial charge on any atom is -0.450 e. The Balaban J connectivity index is 1.54. The van der Waals surface area contributed by atoms with E-state index in [1.54, 1.807) is 53.1 Å². The SMILES string of the molecule is CCOC(=O)N1CCN(C[C@@H]2OC(=O)N(c3ccc(Cl)cc3)[C@H]2c2cccc(F)c2)CC1. The molecule has 9 heteroatoms. The number of hydrogen-bond donors (Lipinski definition) is 0. The van der Waals surface area contributed by atoms with Gasteiger partial charge in [0.05, 0.1) is 6.61 Å². The van der Waals surface area contributed by atoms with Crippen molar-refractivity contribution >= 4 is 29.5 Å². The molecule has 7 nitrogen and oxygen atoms in total. The fourth-order valence-corrected chi connectivity index (χ4v) is 4.30. The van der Waals surface area contributed by atoms with E-state index in [0.29, 0.717) is 55.6 Å².